The molecule has 1 aliphatic heterocycles. The van der Waals surface area contributed by atoms with Gasteiger partial charge in [0.2, 0.25) is 5.88 Å². The number of hydrogen-bond acceptors (Lipinski definition) is 5. The molecule has 6 heteroatoms. The smallest absolute Gasteiger partial charge is 0.260 e. The van der Waals surface area contributed by atoms with Crippen LogP contribution in [0.15, 0.2) is 66.7 Å². The van der Waals surface area contributed by atoms with E-state index in [1.165, 1.54) is 0 Å². The van der Waals surface area contributed by atoms with Crippen molar-refractivity contribution < 1.29 is 14.6 Å². The van der Waals surface area contributed by atoms with Crippen LogP contribution in [0.25, 0.3) is 10.9 Å². The number of carbonyl (C=O) groups is 1. The summed E-state index contributed by atoms with van der Waals surface area (Å²) in [5.41, 5.74) is 1.91. The Morgan fingerprint density at radius 1 is 1.17 bits per heavy atom. The molecule has 1 aliphatic rings. The van der Waals surface area contributed by atoms with Crippen molar-refractivity contribution >= 4 is 16.8 Å². The Kier molecular flexibility index (Phi) is 6.26. The Hall–Kier alpha value is -2.96. The number of benzene rings is 2. The number of ether oxygens (including phenoxy) is 1. The highest BCUT2D eigenvalue weighted by atomic mass is 16.5. The number of aliphatic hydroxyl groups is 1. The second kappa shape index (κ2) is 9.24. The van der Waals surface area contributed by atoms with Gasteiger partial charge < -0.3 is 14.7 Å². The molecule has 30 heavy (non-hydrogen) atoms. The van der Waals surface area contributed by atoms with Crippen LogP contribution in [0.5, 0.6) is 5.88 Å². The molecule has 4 rings (SSSR count). The number of likely N-dealkylation sites (N-methyl/N-ethyl adjacent to an activating group) is 1. The molecular formula is C24H27N3O3. The third kappa shape index (κ3) is 4.78. The standard InChI is InChI=1S/C24H27N3O3/c1-26(22(19-8-3-2-4-9-19)16-27-14-13-20(28)15-27)24(29)17-30-23-12-11-18-7-5-6-10-21(18)25-23/h2-12,20,22,28H,13-17H2,1H3/t20-,22?/m0/s1. The lowest BCUT2D eigenvalue weighted by Gasteiger charge is -2.32. The summed E-state index contributed by atoms with van der Waals surface area (Å²) in [4.78, 5) is 21.4. The number of hydrogen-bond donors (Lipinski definition) is 1. The highest BCUT2D eigenvalue weighted by Crippen LogP contribution is 2.23. The number of nitrogens with zero attached hydrogens (tertiary/aromatic N) is 3. The highest BCUT2D eigenvalue weighted by molar-refractivity contribution is 5.79. The van der Waals surface area contributed by atoms with E-state index in [1.807, 2.05) is 67.7 Å². The molecule has 6 nitrogen and oxygen atoms in total. The van der Waals surface area contributed by atoms with E-state index in [0.717, 1.165) is 29.4 Å². The largest absolute Gasteiger partial charge is 0.468 e. The number of aliphatic hydroxyl groups excluding tert-OH is 1. The molecule has 156 valence electrons. The molecule has 1 aromatic heterocycles. The monoisotopic (exact) mass is 405 g/mol. The summed E-state index contributed by atoms with van der Waals surface area (Å²) >= 11 is 0. The normalized spacial score (nSPS) is 17.7. The molecular weight excluding hydrogens is 378 g/mol. The molecule has 0 aliphatic carbocycles. The van der Waals surface area contributed by atoms with Gasteiger partial charge >= 0.3 is 0 Å². The second-order valence-corrected chi connectivity index (χ2v) is 7.76. The van der Waals surface area contributed by atoms with Gasteiger partial charge in [-0.05, 0) is 24.1 Å². The molecule has 2 heterocycles. The van der Waals surface area contributed by atoms with E-state index in [1.54, 1.807) is 11.0 Å². The van der Waals surface area contributed by atoms with Gasteiger partial charge in [-0.15, -0.1) is 0 Å². The minimum atomic E-state index is -0.287. The zero-order valence-corrected chi connectivity index (χ0v) is 17.1. The van der Waals surface area contributed by atoms with Crippen LogP contribution >= 0.6 is 0 Å². The molecule has 2 atom stereocenters. The molecule has 1 N–H and O–H groups in total. The number of carbonyl (C=O) groups excluding carboxylic acids is 1. The van der Waals surface area contributed by atoms with Crippen LogP contribution < -0.4 is 4.74 Å². The van der Waals surface area contributed by atoms with E-state index in [2.05, 4.69) is 9.88 Å². The fourth-order valence-electron chi connectivity index (χ4n) is 3.89. The minimum Gasteiger partial charge on any atom is -0.468 e. The molecule has 1 unspecified atom stereocenters. The summed E-state index contributed by atoms with van der Waals surface area (Å²) in [5.74, 6) is 0.327. The van der Waals surface area contributed by atoms with Gasteiger partial charge in [0, 0.05) is 38.1 Å². The summed E-state index contributed by atoms with van der Waals surface area (Å²) in [6.07, 6.45) is 0.486. The zero-order chi connectivity index (χ0) is 20.9. The van der Waals surface area contributed by atoms with Crippen LogP contribution in [0.3, 0.4) is 0 Å². The van der Waals surface area contributed by atoms with Crippen LogP contribution in [-0.2, 0) is 4.79 Å². The topological polar surface area (TPSA) is 65.9 Å². The van der Waals surface area contributed by atoms with Gasteiger partial charge in [-0.1, -0.05) is 48.5 Å². The quantitative estimate of drug-likeness (QED) is 0.655. The van der Waals surface area contributed by atoms with Gasteiger partial charge in [0.1, 0.15) is 0 Å². The van der Waals surface area contributed by atoms with Gasteiger partial charge in [0.25, 0.3) is 5.91 Å². The molecule has 3 aromatic rings. The first kappa shape index (κ1) is 20.3. The summed E-state index contributed by atoms with van der Waals surface area (Å²) in [6, 6.07) is 21.4. The van der Waals surface area contributed by atoms with Crippen molar-refractivity contribution in [1.29, 1.82) is 0 Å². The first-order chi connectivity index (χ1) is 14.6. The first-order valence-electron chi connectivity index (χ1n) is 10.3. The summed E-state index contributed by atoms with van der Waals surface area (Å²) in [7, 11) is 1.81. The summed E-state index contributed by atoms with van der Waals surface area (Å²) < 4.78 is 5.71. The average Bonchev–Trinajstić information content (AvgIpc) is 3.20. The average molecular weight is 405 g/mol. The summed E-state index contributed by atoms with van der Waals surface area (Å²) in [6.45, 7) is 2.08. The Balaban J connectivity index is 1.44. The molecule has 2 aromatic carbocycles. The molecule has 1 amide bonds. The van der Waals surface area contributed by atoms with Crippen LogP contribution in [0.2, 0.25) is 0 Å². The van der Waals surface area contributed by atoms with Gasteiger partial charge in [0.05, 0.1) is 17.7 Å². The van der Waals surface area contributed by atoms with E-state index in [9.17, 15) is 9.90 Å². The van der Waals surface area contributed by atoms with Crippen molar-refractivity contribution in [2.45, 2.75) is 18.6 Å². The van der Waals surface area contributed by atoms with Crippen molar-refractivity contribution in [3.05, 3.63) is 72.3 Å². The maximum atomic E-state index is 12.9. The minimum absolute atomic E-state index is 0.0756. The lowest BCUT2D eigenvalue weighted by molar-refractivity contribution is -0.134. The lowest BCUT2D eigenvalue weighted by atomic mass is 10.0. The van der Waals surface area contributed by atoms with Crippen molar-refractivity contribution in [3.63, 3.8) is 0 Å². The Bertz CT molecular complexity index is 995. The Labute approximate surface area is 176 Å². The predicted octanol–water partition coefficient (Wildman–Crippen LogP) is 2.88. The van der Waals surface area contributed by atoms with Crippen molar-refractivity contribution in [1.82, 2.24) is 14.8 Å². The summed E-state index contributed by atoms with van der Waals surface area (Å²) in [5, 5.41) is 10.9. The number of pyridine rings is 1. The fraction of sp³-hybridized carbons (Fsp3) is 0.333. The predicted molar refractivity (Wildman–Crippen MR) is 116 cm³/mol. The third-order valence-electron chi connectivity index (χ3n) is 5.64. The van der Waals surface area contributed by atoms with Crippen LogP contribution in [0, 0.1) is 0 Å². The first-order valence-corrected chi connectivity index (χ1v) is 10.3. The number of fused-ring (bicyclic) bond motifs is 1. The molecule has 0 spiro atoms. The van der Waals surface area contributed by atoms with E-state index in [4.69, 9.17) is 4.74 Å². The van der Waals surface area contributed by atoms with Crippen LogP contribution in [0.4, 0.5) is 0 Å². The van der Waals surface area contributed by atoms with Crippen molar-refractivity contribution in [3.8, 4) is 5.88 Å². The van der Waals surface area contributed by atoms with Crippen molar-refractivity contribution in [2.75, 3.05) is 33.3 Å². The Morgan fingerprint density at radius 2 is 1.93 bits per heavy atom. The SMILES string of the molecule is CN(C(=O)COc1ccc2ccccc2n1)C(CN1CC[C@H](O)C1)c1ccccc1. The third-order valence-corrected chi connectivity index (χ3v) is 5.64. The second-order valence-electron chi connectivity index (χ2n) is 7.76. The van der Waals surface area contributed by atoms with E-state index in [0.29, 0.717) is 19.0 Å². The number of β-amino-alcohol motifs (C(OH)–C–C–N with tert-alkyl or cyclic N) is 1. The van der Waals surface area contributed by atoms with E-state index in [-0.39, 0.29) is 24.7 Å². The van der Waals surface area contributed by atoms with Crippen molar-refractivity contribution in [2.24, 2.45) is 0 Å². The van der Waals surface area contributed by atoms with E-state index >= 15 is 0 Å². The van der Waals surface area contributed by atoms with Gasteiger partial charge in [-0.25, -0.2) is 4.98 Å². The number of aromatic nitrogens is 1. The molecule has 1 saturated heterocycles. The maximum Gasteiger partial charge on any atom is 0.260 e. The lowest BCUT2D eigenvalue weighted by Crippen LogP contribution is -2.40. The number of para-hydroxylation sites is 1. The number of amides is 1. The number of rotatable bonds is 7. The zero-order valence-electron chi connectivity index (χ0n) is 17.1. The number of likely N-dealkylation sites (tertiary alicyclic amines) is 1. The fourth-order valence-corrected chi connectivity index (χ4v) is 3.89. The van der Waals surface area contributed by atoms with Crippen LogP contribution in [-0.4, -0.2) is 65.2 Å². The molecule has 0 radical (unpaired) electrons. The molecule has 0 saturated carbocycles. The van der Waals surface area contributed by atoms with Crippen LogP contribution in [0.1, 0.15) is 18.0 Å². The van der Waals surface area contributed by atoms with Gasteiger partial charge in [-0.3, -0.25) is 9.69 Å². The maximum absolute atomic E-state index is 12.9. The highest BCUT2D eigenvalue weighted by Gasteiger charge is 2.28. The Morgan fingerprint density at radius 3 is 2.70 bits per heavy atom. The van der Waals surface area contributed by atoms with Gasteiger partial charge in [-0.2, -0.15) is 0 Å². The molecule has 0 bridgehead atoms. The van der Waals surface area contributed by atoms with E-state index < -0.39 is 0 Å². The molecule has 1 fully saturated rings. The van der Waals surface area contributed by atoms with Gasteiger partial charge in [0.15, 0.2) is 6.61 Å².